The molecule has 2 aromatic carbocycles. The number of fused-ring (bicyclic) bond motifs is 1. The number of nitrogens with one attached hydrogen (secondary N) is 1. The van der Waals surface area contributed by atoms with Crippen molar-refractivity contribution in [2.75, 3.05) is 11.9 Å². The highest BCUT2D eigenvalue weighted by atomic mass is 35.5. The average molecular weight is 480 g/mol. The van der Waals surface area contributed by atoms with Crippen LogP contribution in [0.1, 0.15) is 41.7 Å². The third-order valence-corrected chi connectivity index (χ3v) is 6.35. The molecule has 1 amide bonds. The summed E-state index contributed by atoms with van der Waals surface area (Å²) >= 11 is 5.87. The van der Waals surface area contributed by atoms with Crippen molar-refractivity contribution in [1.82, 2.24) is 10.3 Å². The Labute approximate surface area is 193 Å². The first-order valence-corrected chi connectivity index (χ1v) is 11.0. The fourth-order valence-corrected chi connectivity index (χ4v) is 4.50. The van der Waals surface area contributed by atoms with E-state index in [4.69, 9.17) is 11.6 Å². The molecule has 1 heterocycles. The molecule has 0 unspecified atom stereocenters. The number of anilines is 1. The second kappa shape index (κ2) is 9.17. The molecule has 1 aromatic heterocycles. The average Bonchev–Trinajstić information content (AvgIpc) is 2.79. The van der Waals surface area contributed by atoms with E-state index in [1.54, 1.807) is 31.3 Å². The Morgan fingerprint density at radius 1 is 1.09 bits per heavy atom. The van der Waals surface area contributed by atoms with Crippen LogP contribution in [0.15, 0.2) is 48.5 Å². The van der Waals surface area contributed by atoms with Gasteiger partial charge in [-0.25, -0.2) is 9.37 Å². The van der Waals surface area contributed by atoms with Crippen LogP contribution in [0.2, 0.25) is 5.02 Å². The predicted molar refractivity (Wildman–Crippen MR) is 120 cm³/mol. The highest BCUT2D eigenvalue weighted by Crippen LogP contribution is 2.36. The van der Waals surface area contributed by atoms with E-state index in [1.165, 1.54) is 12.1 Å². The van der Waals surface area contributed by atoms with Crippen molar-refractivity contribution in [2.45, 2.75) is 43.9 Å². The summed E-state index contributed by atoms with van der Waals surface area (Å²) in [5.41, 5.74) is -0.266. The third-order valence-electron chi connectivity index (χ3n) is 6.12. The van der Waals surface area contributed by atoms with Crippen LogP contribution < -0.4 is 10.2 Å². The SMILES string of the molecule is CN(c1cc(C(F)(F)F)nc2ccccc12)[C@H]1CC[C@@H](NC(=O)c2cc(Cl)ccc2F)CC1. The lowest BCUT2D eigenvalue weighted by Crippen LogP contribution is -2.43. The van der Waals surface area contributed by atoms with Crippen molar-refractivity contribution in [2.24, 2.45) is 0 Å². The molecule has 1 saturated carbocycles. The number of aromatic nitrogens is 1. The van der Waals surface area contributed by atoms with Crippen LogP contribution in [0.25, 0.3) is 10.9 Å². The molecule has 1 fully saturated rings. The van der Waals surface area contributed by atoms with Gasteiger partial charge in [0.1, 0.15) is 11.5 Å². The number of rotatable bonds is 4. The Morgan fingerprint density at radius 3 is 2.48 bits per heavy atom. The van der Waals surface area contributed by atoms with Crippen molar-refractivity contribution in [3.8, 4) is 0 Å². The van der Waals surface area contributed by atoms with E-state index in [9.17, 15) is 22.4 Å². The van der Waals surface area contributed by atoms with Gasteiger partial charge in [-0.3, -0.25) is 4.79 Å². The van der Waals surface area contributed by atoms with Gasteiger partial charge in [0.2, 0.25) is 0 Å². The second-order valence-corrected chi connectivity index (χ2v) is 8.69. The molecular weight excluding hydrogens is 458 g/mol. The van der Waals surface area contributed by atoms with Crippen molar-refractivity contribution in [1.29, 1.82) is 0 Å². The van der Waals surface area contributed by atoms with Crippen molar-refractivity contribution in [3.63, 3.8) is 0 Å². The Bertz CT molecular complexity index is 1180. The van der Waals surface area contributed by atoms with Crippen molar-refractivity contribution >= 4 is 34.1 Å². The standard InChI is InChI=1S/C24H22ClF4N3O/c1-32(21-13-22(24(27,28)29)31-20-5-3-2-4-17(20)21)16-9-7-15(8-10-16)30-23(33)18-12-14(25)6-11-19(18)26/h2-6,11-13,15-16H,7-10H2,1H3,(H,30,33)/t15-,16+. The van der Waals surface area contributed by atoms with Crippen LogP contribution in [0, 0.1) is 5.82 Å². The lowest BCUT2D eigenvalue weighted by Gasteiger charge is -2.37. The number of nitrogens with zero attached hydrogens (tertiary/aromatic N) is 2. The van der Waals surface area contributed by atoms with Gasteiger partial charge in [0.15, 0.2) is 0 Å². The maximum Gasteiger partial charge on any atom is 0.433 e. The van der Waals surface area contributed by atoms with E-state index < -0.39 is 23.6 Å². The van der Waals surface area contributed by atoms with E-state index in [-0.39, 0.29) is 22.7 Å². The lowest BCUT2D eigenvalue weighted by molar-refractivity contribution is -0.140. The van der Waals surface area contributed by atoms with Crippen LogP contribution in [0.3, 0.4) is 0 Å². The fourth-order valence-electron chi connectivity index (χ4n) is 4.33. The zero-order chi connectivity index (χ0) is 23.8. The Morgan fingerprint density at radius 2 is 1.79 bits per heavy atom. The highest BCUT2D eigenvalue weighted by molar-refractivity contribution is 6.31. The molecule has 0 radical (unpaired) electrons. The molecule has 9 heteroatoms. The summed E-state index contributed by atoms with van der Waals surface area (Å²) in [7, 11) is 1.78. The molecule has 4 nitrogen and oxygen atoms in total. The molecule has 1 N–H and O–H groups in total. The zero-order valence-electron chi connectivity index (χ0n) is 17.8. The molecule has 1 aliphatic rings. The summed E-state index contributed by atoms with van der Waals surface area (Å²) in [4.78, 5) is 18.1. The summed E-state index contributed by atoms with van der Waals surface area (Å²) in [5.74, 6) is -1.17. The van der Waals surface area contributed by atoms with Gasteiger partial charge >= 0.3 is 6.18 Å². The van der Waals surface area contributed by atoms with Gasteiger partial charge in [-0.1, -0.05) is 29.8 Å². The number of carbonyl (C=O) groups excluding carboxylic acids is 1. The number of benzene rings is 2. The lowest BCUT2D eigenvalue weighted by atomic mass is 9.89. The molecule has 0 aliphatic heterocycles. The number of hydrogen-bond donors (Lipinski definition) is 1. The molecule has 0 bridgehead atoms. The smallest absolute Gasteiger partial charge is 0.371 e. The van der Waals surface area contributed by atoms with Crippen LogP contribution in [0.5, 0.6) is 0 Å². The van der Waals surface area contributed by atoms with Crippen LogP contribution in [-0.2, 0) is 6.18 Å². The van der Waals surface area contributed by atoms with Gasteiger partial charge < -0.3 is 10.2 Å². The van der Waals surface area contributed by atoms with Gasteiger partial charge in [-0.2, -0.15) is 13.2 Å². The summed E-state index contributed by atoms with van der Waals surface area (Å²) in [6.07, 6.45) is -1.97. The Kier molecular flexibility index (Phi) is 6.47. The molecule has 0 saturated heterocycles. The molecule has 0 spiro atoms. The maximum atomic E-state index is 14.0. The van der Waals surface area contributed by atoms with Gasteiger partial charge in [-0.05, 0) is 56.0 Å². The van der Waals surface area contributed by atoms with E-state index >= 15 is 0 Å². The number of amides is 1. The quantitative estimate of drug-likeness (QED) is 0.452. The monoisotopic (exact) mass is 479 g/mol. The topological polar surface area (TPSA) is 45.2 Å². The van der Waals surface area contributed by atoms with E-state index in [2.05, 4.69) is 10.3 Å². The van der Waals surface area contributed by atoms with Gasteiger partial charge in [0.25, 0.3) is 5.91 Å². The van der Waals surface area contributed by atoms with E-state index in [0.717, 1.165) is 12.1 Å². The first kappa shape index (κ1) is 23.3. The molecule has 0 atom stereocenters. The predicted octanol–water partition coefficient (Wildman–Crippen LogP) is 6.22. The summed E-state index contributed by atoms with van der Waals surface area (Å²) in [6.45, 7) is 0. The van der Waals surface area contributed by atoms with Crippen LogP contribution >= 0.6 is 11.6 Å². The van der Waals surface area contributed by atoms with Crippen LogP contribution in [-0.4, -0.2) is 30.0 Å². The van der Waals surface area contributed by atoms with Gasteiger partial charge in [0.05, 0.1) is 11.1 Å². The number of carbonyl (C=O) groups is 1. The normalized spacial score (nSPS) is 18.8. The zero-order valence-corrected chi connectivity index (χ0v) is 18.6. The minimum absolute atomic E-state index is 0.00653. The van der Waals surface area contributed by atoms with E-state index in [1.807, 2.05) is 4.90 Å². The number of alkyl halides is 3. The molecule has 174 valence electrons. The van der Waals surface area contributed by atoms with E-state index in [0.29, 0.717) is 42.3 Å². The first-order valence-electron chi connectivity index (χ1n) is 10.6. The Hall–Kier alpha value is -2.87. The van der Waals surface area contributed by atoms with Crippen molar-refractivity contribution < 1.29 is 22.4 Å². The highest BCUT2D eigenvalue weighted by Gasteiger charge is 2.34. The number of para-hydroxylation sites is 1. The Balaban J connectivity index is 1.48. The van der Waals surface area contributed by atoms with Gasteiger partial charge in [-0.15, -0.1) is 0 Å². The number of hydrogen-bond acceptors (Lipinski definition) is 3. The van der Waals surface area contributed by atoms with Crippen LogP contribution in [0.4, 0.5) is 23.2 Å². The summed E-state index contributed by atoms with van der Waals surface area (Å²) in [5, 5.41) is 3.77. The summed E-state index contributed by atoms with van der Waals surface area (Å²) < 4.78 is 54.2. The minimum Gasteiger partial charge on any atom is -0.371 e. The first-order chi connectivity index (χ1) is 15.6. The largest absolute Gasteiger partial charge is 0.433 e. The number of pyridine rings is 1. The second-order valence-electron chi connectivity index (χ2n) is 8.26. The fraction of sp³-hybridized carbons (Fsp3) is 0.333. The molecule has 33 heavy (non-hydrogen) atoms. The minimum atomic E-state index is -4.54. The molecule has 3 aromatic rings. The molecule has 1 aliphatic carbocycles. The number of halogens is 5. The maximum absolute atomic E-state index is 14.0. The third kappa shape index (κ3) is 5.05. The van der Waals surface area contributed by atoms with Gasteiger partial charge in [0, 0.05) is 35.2 Å². The summed E-state index contributed by atoms with van der Waals surface area (Å²) in [6, 6.07) is 11.5. The van der Waals surface area contributed by atoms with Crippen molar-refractivity contribution in [3.05, 3.63) is 70.6 Å². The molecule has 4 rings (SSSR count). The molecular formula is C24H22ClF4N3O.